The summed E-state index contributed by atoms with van der Waals surface area (Å²) in [5.41, 5.74) is 1.92. The number of methoxy groups -OCH3 is 1. The van der Waals surface area contributed by atoms with Crippen LogP contribution in [0.15, 0.2) is 106 Å². The van der Waals surface area contributed by atoms with Gasteiger partial charge in [0.1, 0.15) is 30.6 Å². The lowest BCUT2D eigenvalue weighted by atomic mass is 10.0. The zero-order valence-electron chi connectivity index (χ0n) is 21.8. The van der Waals surface area contributed by atoms with Crippen LogP contribution >= 0.6 is 0 Å². The molecule has 0 saturated heterocycles. The summed E-state index contributed by atoms with van der Waals surface area (Å²) in [6.07, 6.45) is -0.552. The van der Waals surface area contributed by atoms with E-state index in [0.717, 1.165) is 21.9 Å². The third-order valence-corrected chi connectivity index (χ3v) is 6.46. The first-order chi connectivity index (χ1) is 19.5. The van der Waals surface area contributed by atoms with Crippen LogP contribution in [0.3, 0.4) is 0 Å². The van der Waals surface area contributed by atoms with Gasteiger partial charge in [0.05, 0.1) is 7.11 Å². The van der Waals surface area contributed by atoms with Crippen molar-refractivity contribution in [1.82, 2.24) is 5.32 Å². The Kier molecular flexibility index (Phi) is 8.06. The monoisotopic (exact) mass is 537 g/mol. The van der Waals surface area contributed by atoms with Crippen LogP contribution in [-0.4, -0.2) is 25.2 Å². The van der Waals surface area contributed by atoms with Gasteiger partial charge in [0.2, 0.25) is 0 Å². The first-order valence-electron chi connectivity index (χ1n) is 12.7. The van der Waals surface area contributed by atoms with Gasteiger partial charge in [-0.1, -0.05) is 72.8 Å². The van der Waals surface area contributed by atoms with Crippen LogP contribution in [0, 0.1) is 0 Å². The Labute approximate surface area is 230 Å². The Morgan fingerprint density at radius 3 is 2.25 bits per heavy atom. The summed E-state index contributed by atoms with van der Waals surface area (Å²) < 4.78 is 21.8. The van der Waals surface area contributed by atoms with E-state index >= 15 is 0 Å². The van der Waals surface area contributed by atoms with Gasteiger partial charge in [-0.25, -0.2) is 14.4 Å². The Balaban J connectivity index is 1.37. The van der Waals surface area contributed by atoms with E-state index in [1.165, 1.54) is 6.07 Å². The second-order valence-electron chi connectivity index (χ2n) is 9.17. The average Bonchev–Trinajstić information content (AvgIpc) is 2.98. The summed E-state index contributed by atoms with van der Waals surface area (Å²) in [5.74, 6) is -0.0324. The summed E-state index contributed by atoms with van der Waals surface area (Å²) >= 11 is 0. The molecule has 4 aromatic carbocycles. The van der Waals surface area contributed by atoms with Crippen LogP contribution < -0.4 is 15.7 Å². The third kappa shape index (κ3) is 6.30. The predicted octanol–water partition coefficient (Wildman–Crippen LogP) is 5.54. The van der Waals surface area contributed by atoms with Crippen LogP contribution in [0.1, 0.15) is 16.7 Å². The van der Waals surface area contributed by atoms with Gasteiger partial charge >= 0.3 is 17.7 Å². The topological polar surface area (TPSA) is 104 Å². The molecule has 0 aliphatic carbocycles. The number of rotatable bonds is 9. The number of ether oxygens (including phenoxy) is 3. The van der Waals surface area contributed by atoms with Crippen molar-refractivity contribution in [3.05, 3.63) is 124 Å². The minimum absolute atomic E-state index is 0.0576. The molecule has 0 unspecified atom stereocenters. The van der Waals surface area contributed by atoms with E-state index in [2.05, 4.69) is 5.32 Å². The number of fused-ring (bicyclic) bond motifs is 3. The molecular formula is C32H27NO7. The van der Waals surface area contributed by atoms with Crippen molar-refractivity contribution in [2.75, 3.05) is 7.11 Å². The molecule has 40 heavy (non-hydrogen) atoms. The molecule has 1 heterocycles. The van der Waals surface area contributed by atoms with Crippen molar-refractivity contribution in [3.63, 3.8) is 0 Å². The van der Waals surface area contributed by atoms with Crippen LogP contribution in [-0.2, 0) is 33.9 Å². The quantitative estimate of drug-likeness (QED) is 0.150. The highest BCUT2D eigenvalue weighted by atomic mass is 16.6. The number of alkyl carbamates (subject to hydrolysis) is 1. The lowest BCUT2D eigenvalue weighted by molar-refractivity contribution is -0.147. The predicted molar refractivity (Wildman–Crippen MR) is 150 cm³/mol. The van der Waals surface area contributed by atoms with E-state index in [1.54, 1.807) is 13.2 Å². The fourth-order valence-electron chi connectivity index (χ4n) is 4.49. The summed E-state index contributed by atoms with van der Waals surface area (Å²) in [4.78, 5) is 38.2. The number of carbonyl (C=O) groups excluding carboxylic acids is 2. The molecule has 5 aromatic rings. The molecule has 0 aliphatic heterocycles. The van der Waals surface area contributed by atoms with Gasteiger partial charge in [-0.2, -0.15) is 0 Å². The minimum Gasteiger partial charge on any atom is -0.497 e. The normalized spacial score (nSPS) is 11.6. The zero-order chi connectivity index (χ0) is 27.9. The molecule has 0 fully saturated rings. The molecular weight excluding hydrogens is 510 g/mol. The highest BCUT2D eigenvalue weighted by molar-refractivity contribution is 6.07. The molecule has 1 amide bonds. The van der Waals surface area contributed by atoms with E-state index in [1.807, 2.05) is 84.9 Å². The van der Waals surface area contributed by atoms with Crippen molar-refractivity contribution in [3.8, 4) is 5.75 Å². The van der Waals surface area contributed by atoms with E-state index in [4.69, 9.17) is 18.6 Å². The van der Waals surface area contributed by atoms with Gasteiger partial charge in [0.25, 0.3) is 0 Å². The first kappa shape index (κ1) is 26.5. The smallest absolute Gasteiger partial charge is 0.408 e. The van der Waals surface area contributed by atoms with Gasteiger partial charge in [0.15, 0.2) is 0 Å². The lowest BCUT2D eigenvalue weighted by Crippen LogP contribution is -2.43. The second kappa shape index (κ2) is 12.2. The third-order valence-electron chi connectivity index (χ3n) is 6.46. The zero-order valence-corrected chi connectivity index (χ0v) is 21.8. The highest BCUT2D eigenvalue weighted by Gasteiger charge is 2.24. The number of nitrogens with one attached hydrogen (secondary N) is 1. The molecule has 8 nitrogen and oxygen atoms in total. The molecule has 1 N–H and O–H groups in total. The summed E-state index contributed by atoms with van der Waals surface area (Å²) in [5, 5.41) is 4.96. The van der Waals surface area contributed by atoms with Crippen LogP contribution in [0.4, 0.5) is 4.79 Å². The minimum atomic E-state index is -1.02. The number of carbonyl (C=O) groups is 2. The maximum atomic E-state index is 13.3. The van der Waals surface area contributed by atoms with E-state index < -0.39 is 23.7 Å². The number of hydrogen-bond donors (Lipinski definition) is 1. The largest absolute Gasteiger partial charge is 0.497 e. The Bertz CT molecular complexity index is 1700. The SMILES string of the molecule is COc1ccc2ccc3oc(=O)cc(COC(=O)[C@H](Cc4ccccc4)NC(=O)OCc4ccccc4)c3c2c1. The van der Waals surface area contributed by atoms with Crippen molar-refractivity contribution >= 4 is 33.8 Å². The van der Waals surface area contributed by atoms with Crippen molar-refractivity contribution in [2.45, 2.75) is 25.7 Å². The first-order valence-corrected chi connectivity index (χ1v) is 12.7. The van der Waals surface area contributed by atoms with E-state index in [9.17, 15) is 14.4 Å². The van der Waals surface area contributed by atoms with Crippen molar-refractivity contribution in [2.24, 2.45) is 0 Å². The maximum absolute atomic E-state index is 13.3. The Morgan fingerprint density at radius 1 is 0.825 bits per heavy atom. The molecule has 0 radical (unpaired) electrons. The van der Waals surface area contributed by atoms with Crippen molar-refractivity contribution in [1.29, 1.82) is 0 Å². The van der Waals surface area contributed by atoms with Gasteiger partial charge < -0.3 is 23.9 Å². The summed E-state index contributed by atoms with van der Waals surface area (Å²) in [6, 6.07) is 27.9. The molecule has 0 bridgehead atoms. The fourth-order valence-corrected chi connectivity index (χ4v) is 4.49. The van der Waals surface area contributed by atoms with Gasteiger partial charge in [-0.3, -0.25) is 0 Å². The van der Waals surface area contributed by atoms with E-state index in [-0.39, 0.29) is 19.6 Å². The summed E-state index contributed by atoms with van der Waals surface area (Å²) in [7, 11) is 1.57. The Morgan fingerprint density at radius 2 is 1.52 bits per heavy atom. The van der Waals surface area contributed by atoms with Gasteiger partial charge in [0, 0.05) is 23.4 Å². The number of esters is 1. The number of amides is 1. The highest BCUT2D eigenvalue weighted by Crippen LogP contribution is 2.30. The fraction of sp³-hybridized carbons (Fsp3) is 0.156. The summed E-state index contributed by atoms with van der Waals surface area (Å²) in [6.45, 7) is -0.147. The van der Waals surface area contributed by atoms with Crippen molar-refractivity contribution < 1.29 is 28.2 Å². The molecule has 8 heteroatoms. The maximum Gasteiger partial charge on any atom is 0.408 e. The van der Waals surface area contributed by atoms with E-state index in [0.29, 0.717) is 22.3 Å². The molecule has 1 aromatic heterocycles. The number of benzene rings is 4. The van der Waals surface area contributed by atoms with Crippen LogP contribution in [0.25, 0.3) is 21.7 Å². The molecule has 1 atom stereocenters. The van der Waals surface area contributed by atoms with Crippen LogP contribution in [0.5, 0.6) is 5.75 Å². The molecule has 5 rings (SSSR count). The molecule has 0 saturated carbocycles. The molecule has 0 spiro atoms. The molecule has 202 valence electrons. The van der Waals surface area contributed by atoms with Crippen LogP contribution in [0.2, 0.25) is 0 Å². The molecule has 0 aliphatic rings. The van der Waals surface area contributed by atoms with Gasteiger partial charge in [-0.15, -0.1) is 0 Å². The average molecular weight is 538 g/mol. The lowest BCUT2D eigenvalue weighted by Gasteiger charge is -2.18. The van der Waals surface area contributed by atoms with Gasteiger partial charge in [-0.05, 0) is 40.1 Å². The standard InChI is InChI=1S/C32H27NO7/c1-37-25-14-12-23-13-15-28-30(26(23)18-25)24(17-29(34)40-28)20-38-31(35)27(16-21-8-4-2-5-9-21)33-32(36)39-19-22-10-6-3-7-11-22/h2-15,17-18,27H,16,19-20H2,1H3,(H,33,36)/t27-/m0/s1. The second-order valence-corrected chi connectivity index (χ2v) is 9.17. The number of hydrogen-bond acceptors (Lipinski definition) is 7. The Hall–Kier alpha value is -5.11.